The van der Waals surface area contributed by atoms with Gasteiger partial charge in [0.1, 0.15) is 0 Å². The third-order valence-electron chi connectivity index (χ3n) is 1.96. The van der Waals surface area contributed by atoms with Gasteiger partial charge in [0.15, 0.2) is 0 Å². The Bertz CT molecular complexity index is 446. The number of hydrogen-bond acceptors (Lipinski definition) is 3. The van der Waals surface area contributed by atoms with Crippen LogP contribution < -0.4 is 16.4 Å². The fourth-order valence-corrected chi connectivity index (χ4v) is 1.37. The quantitative estimate of drug-likeness (QED) is 0.767. The lowest BCUT2D eigenvalue weighted by Crippen LogP contribution is -2.32. The number of benzene rings is 1. The van der Waals surface area contributed by atoms with Crippen molar-refractivity contribution in [2.24, 2.45) is 5.73 Å². The summed E-state index contributed by atoms with van der Waals surface area (Å²) >= 11 is 5.94. The molecular weight excluding hydrogens is 242 g/mol. The maximum Gasteiger partial charge on any atom is 0.240 e. The van der Waals surface area contributed by atoms with Crippen LogP contribution in [0.5, 0.6) is 0 Å². The second kappa shape index (κ2) is 5.65. The van der Waals surface area contributed by atoms with Crippen molar-refractivity contribution in [1.82, 2.24) is 0 Å². The minimum atomic E-state index is -0.594. The van der Waals surface area contributed by atoms with Crippen LogP contribution >= 0.6 is 11.6 Å². The van der Waals surface area contributed by atoms with Gasteiger partial charge in [0.25, 0.3) is 0 Å². The second-order valence-corrected chi connectivity index (χ2v) is 4.06. The molecule has 0 aliphatic heterocycles. The molecule has 92 valence electrons. The molecule has 0 aromatic heterocycles. The molecule has 6 heteroatoms. The first-order valence-electron chi connectivity index (χ1n) is 5.03. The Kier molecular flexibility index (Phi) is 4.48. The van der Waals surface area contributed by atoms with E-state index in [9.17, 15) is 9.59 Å². The summed E-state index contributed by atoms with van der Waals surface area (Å²) in [6.45, 7) is 2.98. The molecule has 0 heterocycles. The Morgan fingerprint density at radius 1 is 1.35 bits per heavy atom. The lowest BCUT2D eigenvalue weighted by molar-refractivity contribution is -0.117. The SMILES string of the molecule is CC(=O)Nc1ccc(NC(=O)C(C)N)cc1Cl. The number of halogens is 1. The Morgan fingerprint density at radius 2 is 2.00 bits per heavy atom. The fourth-order valence-electron chi connectivity index (χ4n) is 1.14. The minimum Gasteiger partial charge on any atom is -0.325 e. The van der Waals surface area contributed by atoms with Crippen molar-refractivity contribution in [3.05, 3.63) is 23.2 Å². The van der Waals surface area contributed by atoms with Crippen LogP contribution in [-0.4, -0.2) is 17.9 Å². The highest BCUT2D eigenvalue weighted by atomic mass is 35.5. The van der Waals surface area contributed by atoms with Crippen LogP contribution in [0, 0.1) is 0 Å². The highest BCUT2D eigenvalue weighted by Gasteiger charge is 2.09. The second-order valence-electron chi connectivity index (χ2n) is 3.65. The van der Waals surface area contributed by atoms with Crippen LogP contribution in [0.2, 0.25) is 5.02 Å². The van der Waals surface area contributed by atoms with E-state index >= 15 is 0 Å². The van der Waals surface area contributed by atoms with Crippen molar-refractivity contribution >= 4 is 34.8 Å². The Balaban J connectivity index is 2.82. The summed E-state index contributed by atoms with van der Waals surface area (Å²) in [6.07, 6.45) is 0. The van der Waals surface area contributed by atoms with Crippen LogP contribution in [0.25, 0.3) is 0 Å². The molecule has 0 saturated heterocycles. The highest BCUT2D eigenvalue weighted by molar-refractivity contribution is 6.34. The highest BCUT2D eigenvalue weighted by Crippen LogP contribution is 2.25. The van der Waals surface area contributed by atoms with E-state index < -0.39 is 6.04 Å². The lowest BCUT2D eigenvalue weighted by Gasteiger charge is -2.10. The van der Waals surface area contributed by atoms with E-state index in [1.54, 1.807) is 25.1 Å². The van der Waals surface area contributed by atoms with Gasteiger partial charge in [-0.05, 0) is 25.1 Å². The average Bonchev–Trinajstić information content (AvgIpc) is 2.21. The van der Waals surface area contributed by atoms with Crippen LogP contribution in [0.3, 0.4) is 0 Å². The van der Waals surface area contributed by atoms with Crippen molar-refractivity contribution in [2.75, 3.05) is 10.6 Å². The number of carbonyl (C=O) groups is 2. The lowest BCUT2D eigenvalue weighted by atomic mass is 10.2. The molecule has 1 unspecified atom stereocenters. The molecule has 1 aromatic rings. The molecular formula is C11H14ClN3O2. The molecule has 1 atom stereocenters. The summed E-state index contributed by atoms with van der Waals surface area (Å²) in [5, 5.41) is 5.52. The molecule has 17 heavy (non-hydrogen) atoms. The van der Waals surface area contributed by atoms with Gasteiger partial charge in [0.05, 0.1) is 16.8 Å². The summed E-state index contributed by atoms with van der Waals surface area (Å²) in [5.41, 5.74) is 6.45. The predicted octanol–water partition coefficient (Wildman–Crippen LogP) is 1.58. The van der Waals surface area contributed by atoms with Crippen LogP contribution in [0.15, 0.2) is 18.2 Å². The third-order valence-corrected chi connectivity index (χ3v) is 2.27. The molecule has 0 bridgehead atoms. The first kappa shape index (κ1) is 13.5. The Morgan fingerprint density at radius 3 is 2.47 bits per heavy atom. The van der Waals surface area contributed by atoms with Gasteiger partial charge < -0.3 is 16.4 Å². The molecule has 0 aliphatic rings. The predicted molar refractivity (Wildman–Crippen MR) is 68.0 cm³/mol. The topological polar surface area (TPSA) is 84.2 Å². The van der Waals surface area contributed by atoms with Crippen molar-refractivity contribution in [3.63, 3.8) is 0 Å². The van der Waals surface area contributed by atoms with Crippen LogP contribution in [-0.2, 0) is 9.59 Å². The van der Waals surface area contributed by atoms with Crippen molar-refractivity contribution in [3.8, 4) is 0 Å². The number of hydrogen-bond donors (Lipinski definition) is 3. The van der Waals surface area contributed by atoms with Gasteiger partial charge in [0, 0.05) is 12.6 Å². The minimum absolute atomic E-state index is 0.209. The molecule has 1 aromatic carbocycles. The zero-order chi connectivity index (χ0) is 13.0. The molecule has 1 rings (SSSR count). The Hall–Kier alpha value is -1.59. The van der Waals surface area contributed by atoms with E-state index in [0.717, 1.165) is 0 Å². The summed E-state index contributed by atoms with van der Waals surface area (Å²) < 4.78 is 0. The number of nitrogens with one attached hydrogen (secondary N) is 2. The summed E-state index contributed by atoms with van der Waals surface area (Å²) in [7, 11) is 0. The van der Waals surface area contributed by atoms with Gasteiger partial charge in [-0.3, -0.25) is 9.59 Å². The number of nitrogens with two attached hydrogens (primary N) is 1. The maximum absolute atomic E-state index is 11.3. The van der Waals surface area contributed by atoms with Gasteiger partial charge in [-0.2, -0.15) is 0 Å². The van der Waals surface area contributed by atoms with E-state index in [2.05, 4.69) is 10.6 Å². The molecule has 0 saturated carbocycles. The summed E-state index contributed by atoms with van der Waals surface area (Å²) in [6, 6.07) is 4.20. The third kappa shape index (κ3) is 4.05. The summed E-state index contributed by atoms with van der Waals surface area (Å²) in [5.74, 6) is -0.507. The first-order valence-corrected chi connectivity index (χ1v) is 5.41. The van der Waals surface area contributed by atoms with Gasteiger partial charge in [-0.25, -0.2) is 0 Å². The van der Waals surface area contributed by atoms with Crippen LogP contribution in [0.4, 0.5) is 11.4 Å². The monoisotopic (exact) mass is 255 g/mol. The molecule has 0 fully saturated rings. The molecule has 0 aliphatic carbocycles. The summed E-state index contributed by atoms with van der Waals surface area (Å²) in [4.78, 5) is 22.2. The van der Waals surface area contributed by atoms with Gasteiger partial charge in [-0.1, -0.05) is 11.6 Å². The van der Waals surface area contributed by atoms with E-state index in [1.165, 1.54) is 6.92 Å². The van der Waals surface area contributed by atoms with Gasteiger partial charge in [-0.15, -0.1) is 0 Å². The van der Waals surface area contributed by atoms with Crippen LogP contribution in [0.1, 0.15) is 13.8 Å². The van der Waals surface area contributed by atoms with Gasteiger partial charge in [0.2, 0.25) is 11.8 Å². The molecule has 0 radical (unpaired) electrons. The number of anilines is 2. The molecule has 0 spiro atoms. The van der Waals surface area contributed by atoms with E-state index in [4.69, 9.17) is 17.3 Å². The fraction of sp³-hybridized carbons (Fsp3) is 0.273. The number of rotatable bonds is 3. The molecule has 4 N–H and O–H groups in total. The van der Waals surface area contributed by atoms with Crippen molar-refractivity contribution in [1.29, 1.82) is 0 Å². The zero-order valence-corrected chi connectivity index (χ0v) is 10.3. The van der Waals surface area contributed by atoms with E-state index in [1.807, 2.05) is 0 Å². The first-order chi connectivity index (χ1) is 7.90. The standard InChI is InChI=1S/C11H14ClN3O2/c1-6(13)11(17)15-8-3-4-10(9(12)5-8)14-7(2)16/h3-6H,13H2,1-2H3,(H,14,16)(H,15,17). The largest absolute Gasteiger partial charge is 0.325 e. The number of amides is 2. The maximum atomic E-state index is 11.3. The number of carbonyl (C=O) groups excluding carboxylic acids is 2. The molecule has 5 nitrogen and oxygen atoms in total. The normalized spacial score (nSPS) is 11.8. The zero-order valence-electron chi connectivity index (χ0n) is 9.58. The Labute approximate surface area is 104 Å². The molecule has 2 amide bonds. The smallest absolute Gasteiger partial charge is 0.240 e. The van der Waals surface area contributed by atoms with Gasteiger partial charge >= 0.3 is 0 Å². The van der Waals surface area contributed by atoms with E-state index in [-0.39, 0.29) is 11.8 Å². The van der Waals surface area contributed by atoms with Crippen molar-refractivity contribution in [2.45, 2.75) is 19.9 Å². The van der Waals surface area contributed by atoms with E-state index in [0.29, 0.717) is 16.4 Å². The average molecular weight is 256 g/mol. The van der Waals surface area contributed by atoms with Crippen molar-refractivity contribution < 1.29 is 9.59 Å².